The van der Waals surface area contributed by atoms with E-state index in [9.17, 15) is 0 Å². The predicted molar refractivity (Wildman–Crippen MR) is 189 cm³/mol. The minimum Gasteiger partial charge on any atom is -0.455 e. The Morgan fingerprint density at radius 1 is 0.578 bits per heavy atom. The Labute approximate surface area is 269 Å². The second-order valence-corrected chi connectivity index (χ2v) is 12.2. The molecule has 0 spiro atoms. The van der Waals surface area contributed by atoms with E-state index in [1.54, 1.807) is 4.90 Å². The fraction of sp³-hybridized carbons (Fsp3) is 0.0698. The third kappa shape index (κ3) is 3.96. The lowest BCUT2D eigenvalue weighted by Gasteiger charge is -2.28. The van der Waals surface area contributed by atoms with Crippen LogP contribution in [0.3, 0.4) is 0 Å². The van der Waals surface area contributed by atoms with Gasteiger partial charge in [0.05, 0.1) is 6.85 Å². The Kier molecular flexibility index (Phi) is 4.56. The first kappa shape index (κ1) is 21.2. The van der Waals surface area contributed by atoms with Crippen molar-refractivity contribution in [3.63, 3.8) is 0 Å². The molecule has 0 saturated heterocycles. The van der Waals surface area contributed by atoms with Gasteiger partial charge in [0.2, 0.25) is 0 Å². The van der Waals surface area contributed by atoms with Gasteiger partial charge in [0, 0.05) is 38.8 Å². The molecule has 7 aromatic carbocycles. The van der Waals surface area contributed by atoms with Crippen LogP contribution >= 0.6 is 0 Å². The molecule has 1 aliphatic carbocycles. The van der Waals surface area contributed by atoms with Gasteiger partial charge in [-0.25, -0.2) is 0 Å². The van der Waals surface area contributed by atoms with E-state index in [1.165, 1.54) is 5.39 Å². The Balaban J connectivity index is 1.23. The largest absolute Gasteiger partial charge is 0.455 e. The van der Waals surface area contributed by atoms with E-state index < -0.39 is 6.04 Å². The van der Waals surface area contributed by atoms with Gasteiger partial charge in [-0.05, 0) is 87.1 Å². The lowest BCUT2D eigenvalue weighted by atomic mass is 9.82. The van der Waals surface area contributed by atoms with Crippen molar-refractivity contribution in [1.29, 1.82) is 0 Å². The van der Waals surface area contributed by atoms with Crippen LogP contribution in [0.1, 0.15) is 31.8 Å². The number of rotatable bonds is 4. The van der Waals surface area contributed by atoms with E-state index in [1.807, 2.05) is 60.7 Å². The number of furan rings is 1. The molecule has 0 atom stereocenters. The van der Waals surface area contributed by atoms with Gasteiger partial charge < -0.3 is 9.32 Å². The van der Waals surface area contributed by atoms with E-state index in [4.69, 9.17) is 11.3 Å². The van der Waals surface area contributed by atoms with Crippen LogP contribution < -0.4 is 4.90 Å². The summed E-state index contributed by atoms with van der Waals surface area (Å²) < 4.78 is 49.7. The summed E-state index contributed by atoms with van der Waals surface area (Å²) in [6.07, 6.45) is 0. The first-order chi connectivity index (χ1) is 24.1. The summed E-state index contributed by atoms with van der Waals surface area (Å²) in [6, 6.07) is 39.5. The van der Waals surface area contributed by atoms with Crippen LogP contribution in [0.15, 0.2) is 156 Å². The topological polar surface area (TPSA) is 16.4 Å². The van der Waals surface area contributed by atoms with Gasteiger partial charge in [-0.15, -0.1) is 0 Å². The minimum absolute atomic E-state index is 0.0994. The number of hydrogen-bond acceptors (Lipinski definition) is 2. The Hall–Kier alpha value is -5.60. The zero-order chi connectivity index (χ0) is 34.5. The van der Waals surface area contributed by atoms with Gasteiger partial charge in [0.15, 0.2) is 0 Å². The summed E-state index contributed by atoms with van der Waals surface area (Å²) in [5.41, 5.74) is 9.23. The van der Waals surface area contributed by atoms with Crippen LogP contribution in [-0.4, -0.2) is 0 Å². The van der Waals surface area contributed by atoms with Gasteiger partial charge in [0.25, 0.3) is 0 Å². The van der Waals surface area contributed by atoms with Crippen LogP contribution in [0.4, 0.5) is 17.1 Å². The molecular formula is C43H31NO. The van der Waals surface area contributed by atoms with E-state index in [2.05, 4.69) is 74.5 Å². The average molecular weight is 583 g/mol. The molecular weight excluding hydrogens is 546 g/mol. The van der Waals surface area contributed by atoms with Crippen molar-refractivity contribution >= 4 is 49.8 Å². The van der Waals surface area contributed by atoms with Crippen LogP contribution in [-0.2, 0) is 5.41 Å². The number of para-hydroxylation sites is 2. The lowest BCUT2D eigenvalue weighted by molar-refractivity contribution is 0.653. The molecule has 0 bridgehead atoms. The van der Waals surface area contributed by atoms with Crippen molar-refractivity contribution in [3.8, 4) is 22.3 Å². The Bertz CT molecular complexity index is 2660. The molecule has 0 radical (unpaired) electrons. The van der Waals surface area contributed by atoms with Crippen molar-refractivity contribution in [2.24, 2.45) is 0 Å². The molecule has 0 fully saturated rings. The van der Waals surface area contributed by atoms with Crippen LogP contribution in [0.25, 0.3) is 55.0 Å². The van der Waals surface area contributed by atoms with E-state index in [0.717, 1.165) is 60.7 Å². The normalized spacial score (nSPS) is 14.8. The second-order valence-electron chi connectivity index (χ2n) is 12.2. The quantitative estimate of drug-likeness (QED) is 0.205. The molecule has 9 rings (SSSR count). The van der Waals surface area contributed by atoms with Crippen LogP contribution in [0.2, 0.25) is 0 Å². The Morgan fingerprint density at radius 2 is 1.31 bits per heavy atom. The third-order valence-electron chi connectivity index (χ3n) is 9.34. The molecule has 214 valence electrons. The standard InChI is InChI=1S/C43H31NO/c1-43(2)38-25-24-36-35-14-8-9-15-40(35)45-42(36)41(38)37-23-22-34(27-39(37)43)44(32-12-4-3-5-13-32)33-20-18-29(19-21-33)31-17-16-28-10-6-7-11-30(28)26-31/h3-27H,1-2H3/i3D,4D,5D,12D,13D. The first-order valence-corrected chi connectivity index (χ1v) is 15.2. The molecule has 45 heavy (non-hydrogen) atoms. The highest BCUT2D eigenvalue weighted by molar-refractivity contribution is 6.12. The van der Waals surface area contributed by atoms with Gasteiger partial charge in [-0.1, -0.05) is 117 Å². The van der Waals surface area contributed by atoms with Gasteiger partial charge in [0.1, 0.15) is 11.2 Å². The molecule has 0 unspecified atom stereocenters. The highest BCUT2D eigenvalue weighted by atomic mass is 16.3. The fourth-order valence-electron chi connectivity index (χ4n) is 7.06. The summed E-state index contributed by atoms with van der Waals surface area (Å²) in [5.74, 6) is 0. The number of benzene rings is 7. The minimum atomic E-state index is -0.421. The molecule has 0 aliphatic heterocycles. The number of fused-ring (bicyclic) bond motifs is 8. The van der Waals surface area contributed by atoms with Crippen LogP contribution in [0, 0.1) is 0 Å². The van der Waals surface area contributed by atoms with Crippen molar-refractivity contribution in [2.45, 2.75) is 19.3 Å². The SMILES string of the molecule is [2H]c1c([2H])c([2H])c(N(c2ccc(-c3ccc4ccccc4c3)cc2)c2ccc3c(c2)C(C)(C)c2ccc4c(oc5ccccc54)c2-3)c([2H])c1[2H]. The molecule has 1 aromatic heterocycles. The zero-order valence-electron chi connectivity index (χ0n) is 29.9. The molecule has 8 aromatic rings. The molecule has 1 aliphatic rings. The maximum absolute atomic E-state index is 8.97. The average Bonchev–Trinajstić information content (AvgIpc) is 3.63. The molecule has 2 nitrogen and oxygen atoms in total. The Morgan fingerprint density at radius 3 is 2.16 bits per heavy atom. The molecule has 0 N–H and O–H groups in total. The number of anilines is 3. The van der Waals surface area contributed by atoms with Crippen molar-refractivity contribution in [2.75, 3.05) is 4.90 Å². The smallest absolute Gasteiger partial charge is 0.143 e. The predicted octanol–water partition coefficient (Wildman–Crippen LogP) is 12.2. The monoisotopic (exact) mass is 582 g/mol. The maximum atomic E-state index is 8.97. The van der Waals surface area contributed by atoms with Crippen molar-refractivity contribution in [1.82, 2.24) is 0 Å². The summed E-state index contributed by atoms with van der Waals surface area (Å²) >= 11 is 0. The summed E-state index contributed by atoms with van der Waals surface area (Å²) in [6.45, 7) is 4.40. The van der Waals surface area contributed by atoms with Gasteiger partial charge in [-0.3, -0.25) is 0 Å². The number of nitrogens with zero attached hydrogens (tertiary/aromatic N) is 1. The van der Waals surface area contributed by atoms with Gasteiger partial charge in [-0.2, -0.15) is 0 Å². The van der Waals surface area contributed by atoms with Gasteiger partial charge >= 0.3 is 0 Å². The van der Waals surface area contributed by atoms with Crippen molar-refractivity contribution in [3.05, 3.63) is 163 Å². The third-order valence-corrected chi connectivity index (χ3v) is 9.34. The number of hydrogen-bond donors (Lipinski definition) is 0. The fourth-order valence-corrected chi connectivity index (χ4v) is 7.06. The lowest BCUT2D eigenvalue weighted by Crippen LogP contribution is -2.16. The summed E-state index contributed by atoms with van der Waals surface area (Å²) in [4.78, 5) is 1.79. The maximum Gasteiger partial charge on any atom is 0.143 e. The second kappa shape index (κ2) is 9.70. The zero-order valence-corrected chi connectivity index (χ0v) is 24.9. The molecule has 1 heterocycles. The van der Waals surface area contributed by atoms with E-state index in [-0.39, 0.29) is 35.3 Å². The first-order valence-electron chi connectivity index (χ1n) is 17.7. The molecule has 0 saturated carbocycles. The van der Waals surface area contributed by atoms with E-state index in [0.29, 0.717) is 11.4 Å². The van der Waals surface area contributed by atoms with Crippen LogP contribution in [0.5, 0.6) is 0 Å². The van der Waals surface area contributed by atoms with E-state index >= 15 is 0 Å². The van der Waals surface area contributed by atoms with Crippen molar-refractivity contribution < 1.29 is 11.3 Å². The summed E-state index contributed by atoms with van der Waals surface area (Å²) in [5, 5.41) is 4.46. The highest BCUT2D eigenvalue weighted by Crippen LogP contribution is 2.54. The molecule has 0 amide bonds. The molecule has 2 heteroatoms. The highest BCUT2D eigenvalue weighted by Gasteiger charge is 2.38. The summed E-state index contributed by atoms with van der Waals surface area (Å²) in [7, 11) is 0.